The molecule has 0 aromatic heterocycles. The highest BCUT2D eigenvalue weighted by molar-refractivity contribution is 6.15. The van der Waals surface area contributed by atoms with Crippen LogP contribution in [0.25, 0.3) is 6.08 Å². The number of esters is 1. The Morgan fingerprint density at radius 1 is 1.03 bits per heavy atom. The van der Waals surface area contributed by atoms with Crippen LogP contribution in [0.2, 0.25) is 0 Å². The molecule has 0 atom stereocenters. The lowest BCUT2D eigenvalue weighted by Gasteiger charge is -2.36. The highest BCUT2D eigenvalue weighted by Gasteiger charge is 2.34. The third-order valence-electron chi connectivity index (χ3n) is 7.04. The smallest absolute Gasteiger partial charge is 0.337 e. The molecule has 196 valence electrons. The Labute approximate surface area is 221 Å². The molecule has 2 aliphatic heterocycles. The van der Waals surface area contributed by atoms with E-state index in [1.165, 1.54) is 7.11 Å². The van der Waals surface area contributed by atoms with Gasteiger partial charge in [-0.3, -0.25) is 9.69 Å². The van der Waals surface area contributed by atoms with Crippen molar-refractivity contribution in [2.75, 3.05) is 45.3 Å². The lowest BCUT2D eigenvalue weighted by atomic mass is 9.99. The third kappa shape index (κ3) is 4.95. The summed E-state index contributed by atoms with van der Waals surface area (Å²) in [6.07, 6.45) is 1.65. The second-order valence-electron chi connectivity index (χ2n) is 9.41. The van der Waals surface area contributed by atoms with E-state index < -0.39 is 5.97 Å². The predicted molar refractivity (Wildman–Crippen MR) is 144 cm³/mol. The van der Waals surface area contributed by atoms with Gasteiger partial charge in [0.1, 0.15) is 17.2 Å². The summed E-state index contributed by atoms with van der Waals surface area (Å²) in [6.45, 7) is 5.56. The molecule has 1 N–H and O–H groups in total. The minimum Gasteiger partial charge on any atom is -0.507 e. The van der Waals surface area contributed by atoms with Gasteiger partial charge in [0, 0.05) is 38.4 Å². The van der Waals surface area contributed by atoms with Crippen molar-refractivity contribution in [1.29, 1.82) is 0 Å². The van der Waals surface area contributed by atoms with Crippen molar-refractivity contribution in [3.05, 3.63) is 88.2 Å². The maximum Gasteiger partial charge on any atom is 0.337 e. The number of carbonyl (C=O) groups is 2. The first-order valence-corrected chi connectivity index (χ1v) is 12.5. The van der Waals surface area contributed by atoms with Gasteiger partial charge in [-0.05, 0) is 66.6 Å². The molecular weight excluding hydrogens is 484 g/mol. The second kappa shape index (κ2) is 10.6. The standard InChI is InChI=1S/C30H30N2O6/c1-19-16-25(33)24(18-31-12-14-32(15-13-31)22-8-10-23(36-2)11-9-22)29-27(19)28(34)26(38-29)17-20-4-6-21(7-5-20)30(35)37-3/h4-11,16-17,33H,12-15,18H2,1-3H3/b26-17+. The zero-order chi connectivity index (χ0) is 26.8. The first kappa shape index (κ1) is 25.4. The highest BCUT2D eigenvalue weighted by atomic mass is 16.5. The maximum absolute atomic E-state index is 13.3. The molecule has 38 heavy (non-hydrogen) atoms. The first-order chi connectivity index (χ1) is 18.4. The number of piperazine rings is 1. The molecule has 2 heterocycles. The molecule has 2 aliphatic rings. The molecule has 0 saturated carbocycles. The Morgan fingerprint density at radius 3 is 2.34 bits per heavy atom. The van der Waals surface area contributed by atoms with E-state index in [2.05, 4.69) is 21.9 Å². The molecular formula is C30H30N2O6. The number of ketones is 1. The summed E-state index contributed by atoms with van der Waals surface area (Å²) < 4.78 is 16.1. The van der Waals surface area contributed by atoms with Crippen molar-refractivity contribution in [2.45, 2.75) is 13.5 Å². The number of hydrogen-bond donors (Lipinski definition) is 1. The number of rotatable bonds is 6. The van der Waals surface area contributed by atoms with Gasteiger partial charge in [-0.25, -0.2) is 4.79 Å². The van der Waals surface area contributed by atoms with Crippen molar-refractivity contribution in [3.8, 4) is 17.2 Å². The molecule has 0 amide bonds. The predicted octanol–water partition coefficient (Wildman–Crippen LogP) is 4.43. The van der Waals surface area contributed by atoms with Gasteiger partial charge in [0.15, 0.2) is 5.76 Å². The lowest BCUT2D eigenvalue weighted by molar-refractivity contribution is 0.0600. The maximum atomic E-state index is 13.3. The van der Waals surface area contributed by atoms with E-state index in [0.29, 0.717) is 40.1 Å². The summed E-state index contributed by atoms with van der Waals surface area (Å²) in [7, 11) is 2.99. The molecule has 1 fully saturated rings. The average molecular weight is 515 g/mol. The molecule has 8 nitrogen and oxygen atoms in total. The lowest BCUT2D eigenvalue weighted by Crippen LogP contribution is -2.46. The van der Waals surface area contributed by atoms with Gasteiger partial charge in [0.05, 0.1) is 30.9 Å². The number of nitrogens with zero attached hydrogens (tertiary/aromatic N) is 2. The van der Waals surface area contributed by atoms with Crippen LogP contribution in [0.3, 0.4) is 0 Å². The normalized spacial score (nSPS) is 16.3. The van der Waals surface area contributed by atoms with Gasteiger partial charge in [0.25, 0.3) is 0 Å². The number of Topliss-reactive ketones (excluding diaryl/α,β-unsaturated/α-hetero) is 1. The number of carbonyl (C=O) groups excluding carboxylic acids is 2. The van der Waals surface area contributed by atoms with Crippen LogP contribution in [0.1, 0.15) is 37.4 Å². The van der Waals surface area contributed by atoms with Crippen LogP contribution in [0, 0.1) is 6.92 Å². The van der Waals surface area contributed by atoms with E-state index in [0.717, 1.165) is 37.6 Å². The van der Waals surface area contributed by atoms with E-state index in [9.17, 15) is 14.7 Å². The van der Waals surface area contributed by atoms with Crippen LogP contribution in [-0.2, 0) is 11.3 Å². The number of methoxy groups -OCH3 is 2. The monoisotopic (exact) mass is 514 g/mol. The summed E-state index contributed by atoms with van der Waals surface area (Å²) in [5.41, 5.74) is 4.04. The SMILES string of the molecule is COC(=O)c1ccc(/C=C2/Oc3c(CN4CCN(c5ccc(OC)cc5)CC4)c(O)cc(C)c3C2=O)cc1. The number of aryl methyl sites for hydroxylation is 1. The number of hydrogen-bond acceptors (Lipinski definition) is 8. The van der Waals surface area contributed by atoms with Crippen molar-refractivity contribution >= 4 is 23.5 Å². The van der Waals surface area contributed by atoms with Crippen LogP contribution < -0.4 is 14.4 Å². The minimum atomic E-state index is -0.426. The first-order valence-electron chi connectivity index (χ1n) is 12.5. The van der Waals surface area contributed by atoms with Crippen LogP contribution in [-0.4, -0.2) is 62.2 Å². The van der Waals surface area contributed by atoms with E-state index >= 15 is 0 Å². The quantitative estimate of drug-likeness (QED) is 0.382. The van der Waals surface area contributed by atoms with Crippen LogP contribution in [0.15, 0.2) is 60.4 Å². The average Bonchev–Trinajstić information content (AvgIpc) is 3.27. The van der Waals surface area contributed by atoms with E-state index in [-0.39, 0.29) is 17.3 Å². The summed E-state index contributed by atoms with van der Waals surface area (Å²) in [5.74, 6) is 0.908. The van der Waals surface area contributed by atoms with Crippen molar-refractivity contribution < 1.29 is 28.9 Å². The minimum absolute atomic E-state index is 0.121. The number of ether oxygens (including phenoxy) is 3. The molecule has 0 radical (unpaired) electrons. The van der Waals surface area contributed by atoms with E-state index in [1.54, 1.807) is 50.4 Å². The number of phenolic OH excluding ortho intramolecular Hbond substituents is 1. The van der Waals surface area contributed by atoms with Gasteiger partial charge in [-0.2, -0.15) is 0 Å². The Hall–Kier alpha value is -4.30. The Bertz CT molecular complexity index is 1390. The van der Waals surface area contributed by atoms with E-state index in [1.807, 2.05) is 12.1 Å². The zero-order valence-corrected chi connectivity index (χ0v) is 21.7. The molecule has 0 unspecified atom stereocenters. The van der Waals surface area contributed by atoms with Gasteiger partial charge < -0.3 is 24.2 Å². The molecule has 3 aromatic carbocycles. The fourth-order valence-corrected chi connectivity index (χ4v) is 4.90. The largest absolute Gasteiger partial charge is 0.507 e. The topological polar surface area (TPSA) is 88.5 Å². The van der Waals surface area contributed by atoms with Gasteiger partial charge in [0.2, 0.25) is 5.78 Å². The van der Waals surface area contributed by atoms with Crippen LogP contribution in [0.5, 0.6) is 17.2 Å². The summed E-state index contributed by atoms with van der Waals surface area (Å²) >= 11 is 0. The van der Waals surface area contributed by atoms with Gasteiger partial charge in [-0.1, -0.05) is 12.1 Å². The number of fused-ring (bicyclic) bond motifs is 1. The Morgan fingerprint density at radius 2 is 1.71 bits per heavy atom. The molecule has 8 heteroatoms. The van der Waals surface area contributed by atoms with Crippen molar-refractivity contribution in [2.24, 2.45) is 0 Å². The number of phenols is 1. The molecule has 0 aliphatic carbocycles. The van der Waals surface area contributed by atoms with Gasteiger partial charge >= 0.3 is 5.97 Å². The molecule has 5 rings (SSSR count). The van der Waals surface area contributed by atoms with Gasteiger partial charge in [-0.15, -0.1) is 0 Å². The number of aromatic hydroxyl groups is 1. The zero-order valence-electron chi connectivity index (χ0n) is 21.7. The summed E-state index contributed by atoms with van der Waals surface area (Å²) in [4.78, 5) is 29.5. The van der Waals surface area contributed by atoms with Crippen LogP contribution in [0.4, 0.5) is 5.69 Å². The second-order valence-corrected chi connectivity index (χ2v) is 9.41. The third-order valence-corrected chi connectivity index (χ3v) is 7.04. The molecule has 1 saturated heterocycles. The molecule has 0 spiro atoms. The van der Waals surface area contributed by atoms with E-state index in [4.69, 9.17) is 14.2 Å². The van der Waals surface area contributed by atoms with Crippen molar-refractivity contribution in [3.63, 3.8) is 0 Å². The number of allylic oxidation sites excluding steroid dienone is 1. The number of anilines is 1. The summed E-state index contributed by atoms with van der Waals surface area (Å²) in [6, 6.07) is 16.4. The molecule has 3 aromatic rings. The van der Waals surface area contributed by atoms with Crippen LogP contribution >= 0.6 is 0 Å². The summed E-state index contributed by atoms with van der Waals surface area (Å²) in [5, 5.41) is 10.8. The molecule has 0 bridgehead atoms. The highest BCUT2D eigenvalue weighted by Crippen LogP contribution is 2.42. The fraction of sp³-hybridized carbons (Fsp3) is 0.267. The fourth-order valence-electron chi connectivity index (χ4n) is 4.90. The van der Waals surface area contributed by atoms with Crippen molar-refractivity contribution in [1.82, 2.24) is 4.90 Å². The number of benzene rings is 3. The Balaban J connectivity index is 1.32. The Kier molecular flexibility index (Phi) is 7.07.